The Labute approximate surface area is 209 Å². The summed E-state index contributed by atoms with van der Waals surface area (Å²) in [7, 11) is 0. The lowest BCUT2D eigenvalue weighted by Gasteiger charge is -2.39. The fraction of sp³-hybridized carbons (Fsp3) is 0.310. The zero-order chi connectivity index (χ0) is 25.1. The number of amides is 1. The molecule has 2 atom stereocenters. The van der Waals surface area contributed by atoms with E-state index in [4.69, 9.17) is 9.47 Å². The molecule has 0 spiro atoms. The summed E-state index contributed by atoms with van der Waals surface area (Å²) in [4.78, 5) is 27.6. The second-order valence-corrected chi connectivity index (χ2v) is 9.37. The van der Waals surface area contributed by atoms with E-state index in [0.717, 1.165) is 16.7 Å². The summed E-state index contributed by atoms with van der Waals surface area (Å²) in [5, 5.41) is 19.8. The zero-order valence-corrected chi connectivity index (χ0v) is 19.8. The highest BCUT2D eigenvalue weighted by atomic mass is 16.5. The second kappa shape index (κ2) is 10.5. The standard InChI is InChI=1S/C29H29NO6/c31-22-14-23(15-22)36-27(20-10-5-2-6-11-20)28(32)30-17-21-12-7-13-26(24(21)16-25(30)29(33)34)35-18-19-8-3-1-4-9-19/h1-13,22-23,25,27,31H,14-18H2,(H,33,34)/t22-,23+,25-,27?/m0/s1. The quantitative estimate of drug-likeness (QED) is 0.501. The highest BCUT2D eigenvalue weighted by molar-refractivity contribution is 5.88. The highest BCUT2D eigenvalue weighted by Gasteiger charge is 2.41. The molecule has 2 N–H and O–H groups in total. The number of aliphatic hydroxyl groups excluding tert-OH is 1. The maximum atomic E-state index is 13.8. The van der Waals surface area contributed by atoms with Crippen molar-refractivity contribution in [3.8, 4) is 5.75 Å². The topological polar surface area (TPSA) is 96.3 Å². The predicted molar refractivity (Wildman–Crippen MR) is 132 cm³/mol. The van der Waals surface area contributed by atoms with E-state index in [9.17, 15) is 19.8 Å². The monoisotopic (exact) mass is 487 g/mol. The molecule has 3 aromatic rings. The van der Waals surface area contributed by atoms with Gasteiger partial charge in [-0.05, 0) is 35.6 Å². The van der Waals surface area contributed by atoms with E-state index in [1.54, 1.807) is 12.1 Å². The molecule has 1 aliphatic heterocycles. The number of aliphatic carboxylic acids is 1. The number of aliphatic hydroxyl groups is 1. The predicted octanol–water partition coefficient (Wildman–Crippen LogP) is 3.88. The van der Waals surface area contributed by atoms with Crippen molar-refractivity contribution in [2.45, 2.75) is 56.8 Å². The van der Waals surface area contributed by atoms with E-state index < -0.39 is 30.1 Å². The first-order valence-electron chi connectivity index (χ1n) is 12.2. The van der Waals surface area contributed by atoms with Crippen LogP contribution in [0.4, 0.5) is 0 Å². The van der Waals surface area contributed by atoms with E-state index in [0.29, 0.717) is 30.8 Å². The van der Waals surface area contributed by atoms with Gasteiger partial charge in [-0.25, -0.2) is 4.79 Å². The molecule has 3 aromatic carbocycles. The average molecular weight is 488 g/mol. The maximum Gasteiger partial charge on any atom is 0.326 e. The van der Waals surface area contributed by atoms with Crippen LogP contribution < -0.4 is 4.74 Å². The van der Waals surface area contributed by atoms with Crippen molar-refractivity contribution >= 4 is 11.9 Å². The van der Waals surface area contributed by atoms with Gasteiger partial charge in [0.25, 0.3) is 5.91 Å². The van der Waals surface area contributed by atoms with E-state index in [2.05, 4.69) is 0 Å². The largest absolute Gasteiger partial charge is 0.489 e. The van der Waals surface area contributed by atoms with Crippen LogP contribution in [0.3, 0.4) is 0 Å². The van der Waals surface area contributed by atoms with Gasteiger partial charge in [0.05, 0.1) is 12.2 Å². The lowest BCUT2D eigenvalue weighted by molar-refractivity contribution is -0.167. The number of carbonyl (C=O) groups excluding carboxylic acids is 1. The Morgan fingerprint density at radius 2 is 1.64 bits per heavy atom. The third-order valence-electron chi connectivity index (χ3n) is 6.87. The summed E-state index contributed by atoms with van der Waals surface area (Å²) in [6, 6.07) is 23.5. The molecule has 5 rings (SSSR count). The van der Waals surface area contributed by atoms with E-state index in [-0.39, 0.29) is 19.1 Å². The molecule has 0 saturated heterocycles. The van der Waals surface area contributed by atoms with Gasteiger partial charge >= 0.3 is 5.97 Å². The molecule has 0 radical (unpaired) electrons. The van der Waals surface area contributed by atoms with Gasteiger partial charge in [0.2, 0.25) is 0 Å². The molecule has 36 heavy (non-hydrogen) atoms. The van der Waals surface area contributed by atoms with Crippen LogP contribution in [0.2, 0.25) is 0 Å². The molecule has 1 amide bonds. The number of rotatable bonds is 8. The molecule has 1 unspecified atom stereocenters. The molecule has 1 aliphatic carbocycles. The van der Waals surface area contributed by atoms with Crippen LogP contribution in [-0.2, 0) is 33.9 Å². The summed E-state index contributed by atoms with van der Waals surface area (Å²) < 4.78 is 12.2. The van der Waals surface area contributed by atoms with Crippen LogP contribution in [-0.4, -0.2) is 45.2 Å². The molecule has 186 valence electrons. The highest BCUT2D eigenvalue weighted by Crippen LogP contribution is 2.36. The molecule has 1 heterocycles. The first-order valence-corrected chi connectivity index (χ1v) is 12.2. The summed E-state index contributed by atoms with van der Waals surface area (Å²) >= 11 is 0. The Morgan fingerprint density at radius 3 is 2.31 bits per heavy atom. The number of fused-ring (bicyclic) bond motifs is 1. The zero-order valence-electron chi connectivity index (χ0n) is 19.8. The molecule has 7 heteroatoms. The second-order valence-electron chi connectivity index (χ2n) is 9.37. The molecule has 0 aromatic heterocycles. The fourth-order valence-corrected chi connectivity index (χ4v) is 4.81. The number of benzene rings is 3. The molecular formula is C29H29NO6. The third kappa shape index (κ3) is 5.12. The van der Waals surface area contributed by atoms with Gasteiger partial charge in [-0.3, -0.25) is 4.79 Å². The number of hydrogen-bond donors (Lipinski definition) is 2. The first kappa shape index (κ1) is 24.0. The Hall–Kier alpha value is -3.68. The Balaban J connectivity index is 1.40. The third-order valence-corrected chi connectivity index (χ3v) is 6.87. The van der Waals surface area contributed by atoms with Crippen LogP contribution in [0.25, 0.3) is 0 Å². The maximum absolute atomic E-state index is 13.8. The van der Waals surface area contributed by atoms with Crippen molar-refractivity contribution in [2.75, 3.05) is 0 Å². The number of carboxylic acids is 1. The number of ether oxygens (including phenoxy) is 2. The van der Waals surface area contributed by atoms with Gasteiger partial charge in [-0.15, -0.1) is 0 Å². The van der Waals surface area contributed by atoms with Crippen molar-refractivity contribution in [1.82, 2.24) is 4.90 Å². The van der Waals surface area contributed by atoms with Crippen LogP contribution in [0.15, 0.2) is 78.9 Å². The Morgan fingerprint density at radius 1 is 0.944 bits per heavy atom. The average Bonchev–Trinajstić information content (AvgIpc) is 2.89. The van der Waals surface area contributed by atoms with Crippen molar-refractivity contribution in [3.05, 3.63) is 101 Å². The Kier molecular flexibility index (Phi) is 7.02. The smallest absolute Gasteiger partial charge is 0.326 e. The lowest BCUT2D eigenvalue weighted by atomic mass is 9.90. The van der Waals surface area contributed by atoms with Gasteiger partial charge in [-0.2, -0.15) is 0 Å². The minimum atomic E-state index is -1.07. The summed E-state index contributed by atoms with van der Waals surface area (Å²) in [6.45, 7) is 0.516. The molecule has 1 fully saturated rings. The number of hydrogen-bond acceptors (Lipinski definition) is 5. The van der Waals surface area contributed by atoms with Crippen LogP contribution in [0.5, 0.6) is 5.75 Å². The SMILES string of the molecule is O=C(O)[C@@H]1Cc2c(cccc2OCc2ccccc2)CN1C(=O)C(O[C@H]1C[C@@H](O)C1)c1ccccc1. The number of nitrogens with zero attached hydrogens (tertiary/aromatic N) is 1. The van der Waals surface area contributed by atoms with Gasteiger partial charge in [0.15, 0.2) is 6.10 Å². The van der Waals surface area contributed by atoms with Gasteiger partial charge in [-0.1, -0.05) is 72.8 Å². The van der Waals surface area contributed by atoms with Crippen LogP contribution in [0, 0.1) is 0 Å². The molecule has 2 aliphatic rings. The molecule has 7 nitrogen and oxygen atoms in total. The van der Waals surface area contributed by atoms with E-state index in [1.807, 2.05) is 66.7 Å². The molecule has 0 bridgehead atoms. The van der Waals surface area contributed by atoms with E-state index >= 15 is 0 Å². The molecular weight excluding hydrogens is 458 g/mol. The summed E-state index contributed by atoms with van der Waals surface area (Å²) in [6.07, 6.45) is -0.541. The fourth-order valence-electron chi connectivity index (χ4n) is 4.81. The van der Waals surface area contributed by atoms with Crippen molar-refractivity contribution < 1.29 is 29.3 Å². The summed E-state index contributed by atoms with van der Waals surface area (Å²) in [5.41, 5.74) is 3.35. The van der Waals surface area contributed by atoms with E-state index in [1.165, 1.54) is 4.90 Å². The Bertz CT molecular complexity index is 1210. The normalized spacial score (nSPS) is 21.7. The van der Waals surface area contributed by atoms with Gasteiger partial charge in [0.1, 0.15) is 18.4 Å². The van der Waals surface area contributed by atoms with Crippen LogP contribution in [0.1, 0.15) is 41.2 Å². The van der Waals surface area contributed by atoms with Crippen LogP contribution >= 0.6 is 0 Å². The van der Waals surface area contributed by atoms with Crippen molar-refractivity contribution in [1.29, 1.82) is 0 Å². The lowest BCUT2D eigenvalue weighted by Crippen LogP contribution is -2.51. The van der Waals surface area contributed by atoms with Crippen molar-refractivity contribution in [3.63, 3.8) is 0 Å². The number of carboxylic acid groups (broad SMARTS) is 1. The summed E-state index contributed by atoms with van der Waals surface area (Å²) in [5.74, 6) is -0.831. The van der Waals surface area contributed by atoms with Gasteiger partial charge < -0.3 is 24.6 Å². The first-order chi connectivity index (χ1) is 17.5. The molecule has 1 saturated carbocycles. The van der Waals surface area contributed by atoms with Gasteiger partial charge in [0, 0.05) is 18.5 Å². The minimum absolute atomic E-state index is 0.144. The van der Waals surface area contributed by atoms with Crippen molar-refractivity contribution in [2.24, 2.45) is 0 Å². The minimum Gasteiger partial charge on any atom is -0.489 e. The number of carbonyl (C=O) groups is 2.